The summed E-state index contributed by atoms with van der Waals surface area (Å²) in [5, 5.41) is 2.21. The number of imide groups is 2. The first-order valence-electron chi connectivity index (χ1n) is 9.44. The number of anilines is 1. The molecule has 1 fully saturated rings. The fraction of sp³-hybridized carbons (Fsp3) is 0.125. The highest BCUT2D eigenvalue weighted by molar-refractivity contribution is 9.10. The maximum absolute atomic E-state index is 13.1. The summed E-state index contributed by atoms with van der Waals surface area (Å²) in [5.41, 5.74) is 1.34. The van der Waals surface area contributed by atoms with E-state index in [0.29, 0.717) is 39.2 Å². The van der Waals surface area contributed by atoms with Gasteiger partial charge in [-0.2, -0.15) is 0 Å². The van der Waals surface area contributed by atoms with Gasteiger partial charge < -0.3 is 9.47 Å². The summed E-state index contributed by atoms with van der Waals surface area (Å²) < 4.78 is 11.7. The lowest BCUT2D eigenvalue weighted by atomic mass is 10.0. The molecule has 4 amide bonds. The number of benzene rings is 2. The van der Waals surface area contributed by atoms with Crippen LogP contribution in [0.4, 0.5) is 10.5 Å². The van der Waals surface area contributed by atoms with E-state index in [-0.39, 0.29) is 12.2 Å². The van der Waals surface area contributed by atoms with E-state index in [4.69, 9.17) is 15.9 Å². The van der Waals surface area contributed by atoms with Gasteiger partial charge in [0.15, 0.2) is 11.5 Å². The van der Waals surface area contributed by atoms with Crippen molar-refractivity contribution in [3.8, 4) is 23.8 Å². The molecule has 162 valence electrons. The molecule has 7 nitrogen and oxygen atoms in total. The summed E-state index contributed by atoms with van der Waals surface area (Å²) in [6.45, 7) is 3.79. The summed E-state index contributed by atoms with van der Waals surface area (Å²) in [6.07, 6.45) is 8.81. The topological polar surface area (TPSA) is 84.9 Å². The van der Waals surface area contributed by atoms with E-state index < -0.39 is 17.8 Å². The van der Waals surface area contributed by atoms with Gasteiger partial charge in [-0.1, -0.05) is 34.0 Å². The molecule has 0 unspecified atom stereocenters. The van der Waals surface area contributed by atoms with Crippen molar-refractivity contribution < 1.29 is 23.9 Å². The summed E-state index contributed by atoms with van der Waals surface area (Å²) in [6, 6.07) is 9.18. The van der Waals surface area contributed by atoms with Crippen LogP contribution < -0.4 is 19.7 Å². The van der Waals surface area contributed by atoms with E-state index in [2.05, 4.69) is 33.7 Å². The molecule has 0 aromatic heterocycles. The molecular formula is C24H19BrN2O5. The molecular weight excluding hydrogens is 476 g/mol. The van der Waals surface area contributed by atoms with Crippen molar-refractivity contribution >= 4 is 45.5 Å². The number of halogens is 1. The molecule has 1 aliphatic rings. The molecule has 8 heteroatoms. The molecule has 0 bridgehead atoms. The SMILES string of the molecule is C#CCOc1c(CC=C)cc(/C=C2\C(=O)NC(=O)N(c3cccc(Br)c3)C2=O)cc1OC. The average Bonchev–Trinajstić information content (AvgIpc) is 2.75. The molecule has 2 aromatic carbocycles. The van der Waals surface area contributed by atoms with E-state index in [1.165, 1.54) is 13.2 Å². The maximum atomic E-state index is 13.1. The van der Waals surface area contributed by atoms with E-state index in [1.54, 1.807) is 42.5 Å². The molecule has 0 saturated carbocycles. The van der Waals surface area contributed by atoms with Gasteiger partial charge in [0, 0.05) is 10.0 Å². The first-order valence-corrected chi connectivity index (χ1v) is 10.2. The number of allylic oxidation sites excluding steroid dienone is 1. The van der Waals surface area contributed by atoms with Crippen LogP contribution >= 0.6 is 15.9 Å². The number of urea groups is 1. The van der Waals surface area contributed by atoms with Crippen LogP contribution in [0.2, 0.25) is 0 Å². The molecule has 3 rings (SSSR count). The number of nitrogens with zero attached hydrogens (tertiary/aromatic N) is 1. The van der Waals surface area contributed by atoms with Crippen molar-refractivity contribution in [2.24, 2.45) is 0 Å². The Hall–Kier alpha value is -3.83. The number of carbonyl (C=O) groups is 3. The minimum absolute atomic E-state index is 0.0472. The lowest BCUT2D eigenvalue weighted by molar-refractivity contribution is -0.122. The molecule has 1 aliphatic heterocycles. The Labute approximate surface area is 193 Å². The highest BCUT2D eigenvalue weighted by Gasteiger charge is 2.37. The summed E-state index contributed by atoms with van der Waals surface area (Å²) in [7, 11) is 1.47. The highest BCUT2D eigenvalue weighted by atomic mass is 79.9. The number of rotatable bonds is 7. The Balaban J connectivity index is 2.07. The van der Waals surface area contributed by atoms with Gasteiger partial charge in [0.2, 0.25) is 0 Å². The van der Waals surface area contributed by atoms with Crippen molar-refractivity contribution in [2.75, 3.05) is 18.6 Å². The van der Waals surface area contributed by atoms with Crippen molar-refractivity contribution in [3.63, 3.8) is 0 Å². The van der Waals surface area contributed by atoms with Gasteiger partial charge in [-0.3, -0.25) is 14.9 Å². The lowest BCUT2D eigenvalue weighted by Gasteiger charge is -2.26. The van der Waals surface area contributed by atoms with E-state index >= 15 is 0 Å². The van der Waals surface area contributed by atoms with Crippen LogP contribution in [0.3, 0.4) is 0 Å². The van der Waals surface area contributed by atoms with Gasteiger partial charge in [0.25, 0.3) is 11.8 Å². The van der Waals surface area contributed by atoms with E-state index in [0.717, 1.165) is 4.90 Å². The Morgan fingerprint density at radius 2 is 2.03 bits per heavy atom. The van der Waals surface area contributed by atoms with Crippen molar-refractivity contribution in [2.45, 2.75) is 6.42 Å². The van der Waals surface area contributed by atoms with Gasteiger partial charge in [0.05, 0.1) is 12.8 Å². The van der Waals surface area contributed by atoms with E-state index in [9.17, 15) is 14.4 Å². The summed E-state index contributed by atoms with van der Waals surface area (Å²) in [4.78, 5) is 38.9. The van der Waals surface area contributed by atoms with Crippen LogP contribution in [0, 0.1) is 12.3 Å². The highest BCUT2D eigenvalue weighted by Crippen LogP contribution is 2.35. The van der Waals surface area contributed by atoms with Crippen LogP contribution in [0.1, 0.15) is 11.1 Å². The number of carbonyl (C=O) groups excluding carboxylic acids is 3. The van der Waals surface area contributed by atoms with E-state index in [1.807, 2.05) is 0 Å². The predicted octanol–water partition coefficient (Wildman–Crippen LogP) is 3.86. The predicted molar refractivity (Wildman–Crippen MR) is 124 cm³/mol. The minimum Gasteiger partial charge on any atom is -0.493 e. The van der Waals surface area contributed by atoms with Crippen LogP contribution in [-0.4, -0.2) is 31.6 Å². The Morgan fingerprint density at radius 3 is 2.69 bits per heavy atom. The molecule has 0 spiro atoms. The molecule has 32 heavy (non-hydrogen) atoms. The monoisotopic (exact) mass is 494 g/mol. The number of hydrogen-bond acceptors (Lipinski definition) is 5. The van der Waals surface area contributed by atoms with Gasteiger partial charge in [0.1, 0.15) is 12.2 Å². The van der Waals surface area contributed by atoms with Crippen LogP contribution in [-0.2, 0) is 16.0 Å². The average molecular weight is 495 g/mol. The first kappa shape index (κ1) is 22.8. The standard InChI is InChI=1S/C24H19BrN2O5/c1-4-7-16-11-15(13-20(31-3)21(16)32-10-5-2)12-19-22(28)26-24(30)27(23(19)29)18-9-6-8-17(25)14-18/h2,4,6,8-9,11-14H,1,7,10H2,3H3,(H,26,28,30)/b19-12+. The van der Waals surface area contributed by atoms with Crippen molar-refractivity contribution in [1.82, 2.24) is 5.32 Å². The van der Waals surface area contributed by atoms with Gasteiger partial charge in [-0.15, -0.1) is 13.0 Å². The molecule has 0 atom stereocenters. The van der Waals surface area contributed by atoms with Gasteiger partial charge in [-0.05, 0) is 48.4 Å². The zero-order chi connectivity index (χ0) is 23.3. The number of barbiturate groups is 1. The lowest BCUT2D eigenvalue weighted by Crippen LogP contribution is -2.54. The van der Waals surface area contributed by atoms with Crippen molar-refractivity contribution in [3.05, 3.63) is 70.2 Å². The third-order valence-electron chi connectivity index (χ3n) is 4.52. The molecule has 0 radical (unpaired) electrons. The smallest absolute Gasteiger partial charge is 0.335 e. The van der Waals surface area contributed by atoms with Crippen LogP contribution in [0.25, 0.3) is 6.08 Å². The molecule has 1 heterocycles. The second-order valence-corrected chi connectivity index (χ2v) is 7.55. The number of hydrogen-bond donors (Lipinski definition) is 1. The minimum atomic E-state index is -0.821. The number of terminal acetylenes is 1. The summed E-state index contributed by atoms with van der Waals surface area (Å²) >= 11 is 3.32. The molecule has 1 saturated heterocycles. The molecule has 0 aliphatic carbocycles. The molecule has 2 aromatic rings. The first-order chi connectivity index (χ1) is 15.4. The summed E-state index contributed by atoms with van der Waals surface area (Å²) in [5.74, 6) is 1.71. The Morgan fingerprint density at radius 1 is 1.25 bits per heavy atom. The zero-order valence-electron chi connectivity index (χ0n) is 17.2. The Kier molecular flexibility index (Phi) is 7.13. The van der Waals surface area contributed by atoms with Crippen LogP contribution in [0.5, 0.6) is 11.5 Å². The number of ether oxygens (including phenoxy) is 2. The maximum Gasteiger partial charge on any atom is 0.335 e. The number of methoxy groups -OCH3 is 1. The van der Waals surface area contributed by atoms with Gasteiger partial charge in [-0.25, -0.2) is 9.69 Å². The molecule has 1 N–H and O–H groups in total. The fourth-order valence-corrected chi connectivity index (χ4v) is 3.56. The quantitative estimate of drug-likeness (QED) is 0.273. The normalized spacial score (nSPS) is 14.7. The third kappa shape index (κ3) is 4.74. The fourth-order valence-electron chi connectivity index (χ4n) is 3.18. The zero-order valence-corrected chi connectivity index (χ0v) is 18.8. The van der Waals surface area contributed by atoms with Gasteiger partial charge >= 0.3 is 6.03 Å². The number of amides is 4. The third-order valence-corrected chi connectivity index (χ3v) is 5.01. The number of nitrogens with one attached hydrogen (secondary N) is 1. The largest absolute Gasteiger partial charge is 0.493 e. The van der Waals surface area contributed by atoms with Crippen molar-refractivity contribution in [1.29, 1.82) is 0 Å². The van der Waals surface area contributed by atoms with Crippen LogP contribution in [0.15, 0.2) is 59.1 Å². The second-order valence-electron chi connectivity index (χ2n) is 6.63. The second kappa shape index (κ2) is 9.98. The Bertz CT molecular complexity index is 1180.